The lowest BCUT2D eigenvalue weighted by Gasteiger charge is -2.34. The number of hydrogen-bond donors (Lipinski definition) is 2. The predicted molar refractivity (Wildman–Crippen MR) is 85.4 cm³/mol. The fourth-order valence-corrected chi connectivity index (χ4v) is 3.57. The largest absolute Gasteiger partial charge is 0.365 e. The minimum Gasteiger partial charge on any atom is -0.365 e. The van der Waals surface area contributed by atoms with E-state index in [1.807, 2.05) is 19.9 Å². The fraction of sp³-hybridized carbons (Fsp3) is 0.625. The molecule has 116 valence electrons. The molecule has 1 aromatic rings. The zero-order chi connectivity index (χ0) is 15.6. The van der Waals surface area contributed by atoms with Crippen molar-refractivity contribution in [2.75, 3.05) is 18.0 Å². The van der Waals surface area contributed by atoms with Crippen molar-refractivity contribution in [3.05, 3.63) is 22.9 Å². The smallest absolute Gasteiger partial charge is 0.252 e. The van der Waals surface area contributed by atoms with Gasteiger partial charge in [-0.15, -0.1) is 0 Å². The van der Waals surface area contributed by atoms with Crippen LogP contribution in [0.4, 0.5) is 5.82 Å². The summed E-state index contributed by atoms with van der Waals surface area (Å²) < 4.78 is 0. The van der Waals surface area contributed by atoms with Gasteiger partial charge >= 0.3 is 0 Å². The Labute approximate surface area is 126 Å². The van der Waals surface area contributed by atoms with Gasteiger partial charge in [-0.1, -0.05) is 6.42 Å². The molecular formula is C16H26N4O. The van der Waals surface area contributed by atoms with Gasteiger partial charge in [-0.3, -0.25) is 4.79 Å². The van der Waals surface area contributed by atoms with Gasteiger partial charge in [0.25, 0.3) is 5.91 Å². The van der Waals surface area contributed by atoms with Gasteiger partial charge in [-0.2, -0.15) is 0 Å². The maximum absolute atomic E-state index is 11.9. The van der Waals surface area contributed by atoms with Crippen LogP contribution in [0.1, 0.15) is 47.8 Å². The highest BCUT2D eigenvalue weighted by atomic mass is 16.1. The predicted octanol–water partition coefficient (Wildman–Crippen LogP) is 1.75. The number of rotatable bonds is 5. The molecule has 4 N–H and O–H groups in total. The van der Waals surface area contributed by atoms with Crippen LogP contribution in [-0.2, 0) is 0 Å². The first-order chi connectivity index (χ1) is 9.99. The van der Waals surface area contributed by atoms with Crippen molar-refractivity contribution in [2.24, 2.45) is 17.4 Å². The first-order valence-corrected chi connectivity index (χ1v) is 7.74. The Morgan fingerprint density at radius 3 is 2.71 bits per heavy atom. The highest BCUT2D eigenvalue weighted by Gasteiger charge is 2.33. The zero-order valence-electron chi connectivity index (χ0n) is 13.2. The number of nitrogens with two attached hydrogens (primary N) is 2. The molecule has 0 aromatic carbocycles. The third kappa shape index (κ3) is 3.02. The molecule has 0 saturated heterocycles. The van der Waals surface area contributed by atoms with Gasteiger partial charge in [0.1, 0.15) is 5.82 Å². The number of pyridine rings is 1. The summed E-state index contributed by atoms with van der Waals surface area (Å²) in [5.41, 5.74) is 13.9. The number of primary amides is 1. The van der Waals surface area contributed by atoms with Crippen LogP contribution in [0.5, 0.6) is 0 Å². The molecule has 5 heteroatoms. The summed E-state index contributed by atoms with van der Waals surface area (Å²) in [6, 6.07) is 2.26. The molecule has 2 rings (SSSR count). The molecule has 0 radical (unpaired) electrons. The van der Waals surface area contributed by atoms with Crippen LogP contribution in [0.25, 0.3) is 0 Å². The van der Waals surface area contributed by atoms with Gasteiger partial charge < -0.3 is 16.4 Å². The van der Waals surface area contributed by atoms with Gasteiger partial charge in [0.15, 0.2) is 0 Å². The Kier molecular flexibility index (Phi) is 4.83. The molecule has 1 saturated carbocycles. The molecule has 2 atom stereocenters. The Bertz CT molecular complexity index is 529. The lowest BCUT2D eigenvalue weighted by Crippen LogP contribution is -2.42. The highest BCUT2D eigenvalue weighted by molar-refractivity contribution is 5.99. The molecule has 0 aliphatic heterocycles. The van der Waals surface area contributed by atoms with Crippen LogP contribution >= 0.6 is 0 Å². The van der Waals surface area contributed by atoms with Crippen molar-refractivity contribution in [3.8, 4) is 0 Å². The van der Waals surface area contributed by atoms with E-state index in [4.69, 9.17) is 11.5 Å². The quantitative estimate of drug-likeness (QED) is 0.865. The standard InChI is InChI=1S/C16H26N4O/c1-4-20(13-7-5-6-12(13)9-17)16-14(15(18)21)10(2)8-11(3)19-16/h8,12-13H,4-7,9,17H2,1-3H3,(H2,18,21). The van der Waals surface area contributed by atoms with Gasteiger partial charge in [0.05, 0.1) is 5.56 Å². The minimum absolute atomic E-state index is 0.354. The molecule has 5 nitrogen and oxygen atoms in total. The lowest BCUT2D eigenvalue weighted by atomic mass is 10.0. The van der Waals surface area contributed by atoms with Crippen LogP contribution in [0, 0.1) is 19.8 Å². The van der Waals surface area contributed by atoms with E-state index < -0.39 is 5.91 Å². The number of aryl methyl sites for hydroxylation is 2. The lowest BCUT2D eigenvalue weighted by molar-refractivity contribution is 0.0999. The average molecular weight is 290 g/mol. The summed E-state index contributed by atoms with van der Waals surface area (Å²) in [5, 5.41) is 0. The molecule has 1 heterocycles. The third-order valence-corrected chi connectivity index (χ3v) is 4.51. The Balaban J connectivity index is 2.49. The van der Waals surface area contributed by atoms with E-state index in [9.17, 15) is 4.79 Å². The summed E-state index contributed by atoms with van der Waals surface area (Å²) in [7, 11) is 0. The number of amides is 1. The van der Waals surface area contributed by atoms with E-state index in [0.717, 1.165) is 36.5 Å². The maximum Gasteiger partial charge on any atom is 0.252 e. The maximum atomic E-state index is 11.9. The monoisotopic (exact) mass is 290 g/mol. The minimum atomic E-state index is -0.407. The van der Waals surface area contributed by atoms with Crippen molar-refractivity contribution in [1.29, 1.82) is 0 Å². The summed E-state index contributed by atoms with van der Waals surface area (Å²) in [6.07, 6.45) is 3.43. The number of carbonyl (C=O) groups excluding carboxylic acids is 1. The molecule has 1 fully saturated rings. The highest BCUT2D eigenvalue weighted by Crippen LogP contribution is 2.33. The van der Waals surface area contributed by atoms with Crippen molar-refractivity contribution in [2.45, 2.75) is 46.1 Å². The van der Waals surface area contributed by atoms with Crippen molar-refractivity contribution < 1.29 is 4.79 Å². The number of aromatic nitrogens is 1. The second-order valence-electron chi connectivity index (χ2n) is 5.92. The van der Waals surface area contributed by atoms with E-state index >= 15 is 0 Å². The second-order valence-corrected chi connectivity index (χ2v) is 5.92. The molecule has 21 heavy (non-hydrogen) atoms. The van der Waals surface area contributed by atoms with Crippen LogP contribution in [0.2, 0.25) is 0 Å². The van der Waals surface area contributed by atoms with Crippen molar-refractivity contribution in [3.63, 3.8) is 0 Å². The van der Waals surface area contributed by atoms with Crippen molar-refractivity contribution >= 4 is 11.7 Å². The van der Waals surface area contributed by atoms with Crippen LogP contribution < -0.4 is 16.4 Å². The molecule has 1 aromatic heterocycles. The summed E-state index contributed by atoms with van der Waals surface area (Å²) in [4.78, 5) is 18.7. The van der Waals surface area contributed by atoms with Crippen LogP contribution in [-0.4, -0.2) is 30.0 Å². The second kappa shape index (κ2) is 6.43. The van der Waals surface area contributed by atoms with E-state index in [0.29, 0.717) is 24.1 Å². The zero-order valence-corrected chi connectivity index (χ0v) is 13.2. The van der Waals surface area contributed by atoms with E-state index in [-0.39, 0.29) is 0 Å². The normalized spacial score (nSPS) is 21.5. The van der Waals surface area contributed by atoms with E-state index in [2.05, 4.69) is 16.8 Å². The van der Waals surface area contributed by atoms with Crippen LogP contribution in [0.3, 0.4) is 0 Å². The number of anilines is 1. The molecular weight excluding hydrogens is 264 g/mol. The Morgan fingerprint density at radius 2 is 2.14 bits per heavy atom. The Morgan fingerprint density at radius 1 is 1.43 bits per heavy atom. The first-order valence-electron chi connectivity index (χ1n) is 7.74. The SMILES string of the molecule is CCN(c1nc(C)cc(C)c1C(N)=O)C1CCCC1CN. The van der Waals surface area contributed by atoms with Crippen LogP contribution in [0.15, 0.2) is 6.07 Å². The molecule has 0 spiro atoms. The van der Waals surface area contributed by atoms with Gasteiger partial charge in [-0.25, -0.2) is 4.98 Å². The molecule has 1 amide bonds. The number of hydrogen-bond acceptors (Lipinski definition) is 4. The van der Waals surface area contributed by atoms with Gasteiger partial charge in [0, 0.05) is 18.3 Å². The topological polar surface area (TPSA) is 85.2 Å². The number of nitrogens with zero attached hydrogens (tertiary/aromatic N) is 2. The molecule has 1 aliphatic carbocycles. The summed E-state index contributed by atoms with van der Waals surface area (Å²) in [6.45, 7) is 7.44. The van der Waals surface area contributed by atoms with E-state index in [1.54, 1.807) is 0 Å². The summed E-state index contributed by atoms with van der Waals surface area (Å²) >= 11 is 0. The first kappa shape index (κ1) is 15.8. The fourth-order valence-electron chi connectivity index (χ4n) is 3.57. The van der Waals surface area contributed by atoms with E-state index in [1.165, 1.54) is 6.42 Å². The van der Waals surface area contributed by atoms with Gasteiger partial charge in [-0.05, 0) is 57.7 Å². The number of carbonyl (C=O) groups is 1. The van der Waals surface area contributed by atoms with Gasteiger partial charge in [0.2, 0.25) is 0 Å². The molecule has 1 aliphatic rings. The summed E-state index contributed by atoms with van der Waals surface area (Å²) in [5.74, 6) is 0.789. The molecule has 0 bridgehead atoms. The average Bonchev–Trinajstić information content (AvgIpc) is 2.86. The third-order valence-electron chi connectivity index (χ3n) is 4.51. The molecule has 2 unspecified atom stereocenters. The Hall–Kier alpha value is -1.62. The van der Waals surface area contributed by atoms with Crippen molar-refractivity contribution in [1.82, 2.24) is 4.98 Å².